The molecule has 0 spiro atoms. The van der Waals surface area contributed by atoms with Gasteiger partial charge < -0.3 is 15.0 Å². The summed E-state index contributed by atoms with van der Waals surface area (Å²) in [7, 11) is 1.58. The normalized spacial score (nSPS) is 18.8. The number of hydrogen-bond donors (Lipinski definition) is 2. The quantitative estimate of drug-likeness (QED) is 0.304. The highest BCUT2D eigenvalue weighted by atomic mass is 19.1. The standard InChI is InChI=1S/C34H36FN7O5/c1-34(2,3)22-14-21-18-37-42(33(46)30(21)25(35)15-22)28-7-5-6-23(24(28)19-43)26-16-27(32(45)40(4)39-26)38-29-9-8-20(17-36-29)31(44)41-10-12-47-13-11-41/h5-9,14-15,17-19,26-27,39H,10-13,16H2,1-4H3,(H,36,38). The number of benzene rings is 2. The molecule has 2 fully saturated rings. The van der Waals surface area contributed by atoms with Crippen molar-refractivity contribution in [3.63, 3.8) is 0 Å². The monoisotopic (exact) mass is 641 g/mol. The number of nitrogens with one attached hydrogen (secondary N) is 2. The zero-order valence-electron chi connectivity index (χ0n) is 26.6. The molecule has 47 heavy (non-hydrogen) atoms. The van der Waals surface area contributed by atoms with Gasteiger partial charge in [0.2, 0.25) is 0 Å². The lowest BCUT2D eigenvalue weighted by molar-refractivity contribution is -0.137. The van der Waals surface area contributed by atoms with E-state index in [1.54, 1.807) is 48.3 Å². The summed E-state index contributed by atoms with van der Waals surface area (Å²) in [5.74, 6) is -0.641. The third-order valence-electron chi connectivity index (χ3n) is 8.62. The van der Waals surface area contributed by atoms with Crippen LogP contribution in [0.3, 0.4) is 0 Å². The van der Waals surface area contributed by atoms with Gasteiger partial charge in [-0.15, -0.1) is 0 Å². The average molecular weight is 642 g/mol. The molecular weight excluding hydrogens is 605 g/mol. The molecule has 2 N–H and O–H groups in total. The summed E-state index contributed by atoms with van der Waals surface area (Å²) < 4.78 is 21.7. The highest BCUT2D eigenvalue weighted by Crippen LogP contribution is 2.31. The van der Waals surface area contributed by atoms with Crippen LogP contribution in [-0.4, -0.2) is 82.2 Å². The van der Waals surface area contributed by atoms with Crippen molar-refractivity contribution >= 4 is 34.7 Å². The van der Waals surface area contributed by atoms with E-state index in [1.807, 2.05) is 20.8 Å². The number of aldehydes is 1. The molecule has 2 saturated heterocycles. The van der Waals surface area contributed by atoms with Crippen LogP contribution in [0.1, 0.15) is 65.1 Å². The van der Waals surface area contributed by atoms with Gasteiger partial charge in [-0.1, -0.05) is 32.9 Å². The van der Waals surface area contributed by atoms with Crippen molar-refractivity contribution in [1.82, 2.24) is 30.1 Å². The Balaban J connectivity index is 1.28. The maximum atomic E-state index is 15.3. The number of rotatable bonds is 6. The second-order valence-electron chi connectivity index (χ2n) is 12.8. The van der Waals surface area contributed by atoms with Crippen LogP contribution >= 0.6 is 0 Å². The zero-order valence-corrected chi connectivity index (χ0v) is 26.6. The van der Waals surface area contributed by atoms with Gasteiger partial charge in [-0.25, -0.2) is 14.8 Å². The number of hydrogen-bond acceptors (Lipinski definition) is 9. The number of halogens is 1. The van der Waals surface area contributed by atoms with Crippen molar-refractivity contribution in [2.24, 2.45) is 0 Å². The number of anilines is 1. The predicted molar refractivity (Wildman–Crippen MR) is 173 cm³/mol. The van der Waals surface area contributed by atoms with Crippen molar-refractivity contribution < 1.29 is 23.5 Å². The van der Waals surface area contributed by atoms with Gasteiger partial charge in [0, 0.05) is 37.3 Å². The van der Waals surface area contributed by atoms with E-state index >= 15 is 4.39 Å². The highest BCUT2D eigenvalue weighted by Gasteiger charge is 2.35. The molecule has 13 heteroatoms. The Kier molecular flexibility index (Phi) is 8.60. The number of likely N-dealkylation sites (N-methyl/N-ethyl adjacent to an activating group) is 1. The number of nitrogens with zero attached hydrogens (tertiary/aromatic N) is 5. The number of hydrazine groups is 1. The molecule has 0 radical (unpaired) electrons. The van der Waals surface area contributed by atoms with E-state index in [4.69, 9.17) is 4.74 Å². The Morgan fingerprint density at radius 1 is 1.11 bits per heavy atom. The molecule has 2 atom stereocenters. The maximum absolute atomic E-state index is 15.3. The second-order valence-corrected chi connectivity index (χ2v) is 12.8. The Morgan fingerprint density at radius 3 is 2.55 bits per heavy atom. The van der Waals surface area contributed by atoms with E-state index in [0.717, 1.165) is 10.2 Å². The summed E-state index contributed by atoms with van der Waals surface area (Å²) in [6.07, 6.45) is 3.76. The second kappa shape index (κ2) is 12.6. The van der Waals surface area contributed by atoms with Gasteiger partial charge >= 0.3 is 0 Å². The van der Waals surface area contributed by atoms with Crippen LogP contribution in [0.5, 0.6) is 0 Å². The Bertz CT molecular complexity index is 1920. The van der Waals surface area contributed by atoms with Gasteiger partial charge in [0.15, 0.2) is 6.29 Å². The number of fused-ring (bicyclic) bond motifs is 1. The predicted octanol–water partition coefficient (Wildman–Crippen LogP) is 3.39. The number of aromatic nitrogens is 3. The van der Waals surface area contributed by atoms with Crippen LogP contribution < -0.4 is 16.3 Å². The summed E-state index contributed by atoms with van der Waals surface area (Å²) in [5.41, 5.74) is 4.16. The highest BCUT2D eigenvalue weighted by molar-refractivity contribution is 5.94. The number of carbonyl (C=O) groups excluding carboxylic acids is 3. The molecule has 12 nitrogen and oxygen atoms in total. The number of ether oxygens (including phenoxy) is 1. The molecule has 0 saturated carbocycles. The summed E-state index contributed by atoms with van der Waals surface area (Å²) in [5, 5.41) is 9.07. The van der Waals surface area contributed by atoms with Gasteiger partial charge in [0.1, 0.15) is 17.7 Å². The summed E-state index contributed by atoms with van der Waals surface area (Å²) in [6, 6.07) is 10.2. The molecule has 244 valence electrons. The van der Waals surface area contributed by atoms with Gasteiger partial charge in [-0.05, 0) is 53.3 Å². The molecule has 2 amide bonds. The van der Waals surface area contributed by atoms with E-state index in [9.17, 15) is 19.2 Å². The minimum absolute atomic E-state index is 0.120. The summed E-state index contributed by atoms with van der Waals surface area (Å²) >= 11 is 0. The SMILES string of the molecule is CN1NC(c2cccc(-n3ncc4cc(C(C)(C)C)cc(F)c4c3=O)c2C=O)CC(Nc2ccc(C(=O)N3CCOCC3)cn2)C1=O. The third kappa shape index (κ3) is 6.23. The summed E-state index contributed by atoms with van der Waals surface area (Å²) in [4.78, 5) is 58.2. The molecule has 2 aromatic heterocycles. The number of carbonyl (C=O) groups is 3. The lowest BCUT2D eigenvalue weighted by Crippen LogP contribution is -2.55. The fraction of sp³-hybridized carbons (Fsp3) is 0.353. The van der Waals surface area contributed by atoms with Crippen LogP contribution in [0.2, 0.25) is 0 Å². The minimum atomic E-state index is -0.727. The smallest absolute Gasteiger partial charge is 0.282 e. The molecular formula is C34H36FN7O5. The molecule has 0 aliphatic carbocycles. The van der Waals surface area contributed by atoms with Crippen molar-refractivity contribution in [2.75, 3.05) is 38.7 Å². The van der Waals surface area contributed by atoms with Gasteiger partial charge in [0.05, 0.1) is 42.1 Å². The van der Waals surface area contributed by atoms with Crippen LogP contribution in [0.15, 0.2) is 59.7 Å². The molecule has 6 rings (SSSR count). The largest absolute Gasteiger partial charge is 0.378 e. The molecule has 2 aromatic carbocycles. The topological polar surface area (TPSA) is 139 Å². The fourth-order valence-corrected chi connectivity index (χ4v) is 6.00. The van der Waals surface area contributed by atoms with Crippen molar-refractivity contribution in [3.8, 4) is 5.69 Å². The number of morpholine rings is 1. The Morgan fingerprint density at radius 2 is 1.87 bits per heavy atom. The lowest BCUT2D eigenvalue weighted by atomic mass is 9.86. The Hall–Kier alpha value is -5.01. The third-order valence-corrected chi connectivity index (χ3v) is 8.62. The van der Waals surface area contributed by atoms with Crippen molar-refractivity contribution in [1.29, 1.82) is 0 Å². The fourth-order valence-electron chi connectivity index (χ4n) is 6.00. The van der Waals surface area contributed by atoms with Gasteiger partial charge in [-0.2, -0.15) is 9.78 Å². The van der Waals surface area contributed by atoms with Crippen LogP contribution in [0, 0.1) is 5.82 Å². The van der Waals surface area contributed by atoms with Crippen LogP contribution in [0.4, 0.5) is 10.2 Å². The number of amides is 2. The maximum Gasteiger partial charge on any atom is 0.282 e. The van der Waals surface area contributed by atoms with Gasteiger partial charge in [0.25, 0.3) is 17.4 Å². The first-order chi connectivity index (χ1) is 22.5. The van der Waals surface area contributed by atoms with Crippen LogP contribution in [0.25, 0.3) is 16.5 Å². The van der Waals surface area contributed by atoms with E-state index in [1.165, 1.54) is 23.5 Å². The summed E-state index contributed by atoms with van der Waals surface area (Å²) in [6.45, 7) is 7.88. The van der Waals surface area contributed by atoms with E-state index in [0.29, 0.717) is 54.9 Å². The van der Waals surface area contributed by atoms with E-state index in [2.05, 4.69) is 20.8 Å². The zero-order chi connectivity index (χ0) is 33.5. The first-order valence-corrected chi connectivity index (χ1v) is 15.4. The first kappa shape index (κ1) is 32.0. The van der Waals surface area contributed by atoms with Crippen molar-refractivity contribution in [3.05, 3.63) is 93.3 Å². The molecule has 2 aliphatic rings. The van der Waals surface area contributed by atoms with Crippen molar-refractivity contribution in [2.45, 2.75) is 44.7 Å². The minimum Gasteiger partial charge on any atom is -0.378 e. The molecule has 4 heterocycles. The Labute approximate surface area is 270 Å². The molecule has 0 bridgehead atoms. The average Bonchev–Trinajstić information content (AvgIpc) is 3.06. The van der Waals surface area contributed by atoms with Gasteiger partial charge in [-0.3, -0.25) is 24.2 Å². The lowest BCUT2D eigenvalue weighted by Gasteiger charge is -2.37. The molecule has 4 aromatic rings. The number of pyridine rings is 1. The van der Waals surface area contributed by atoms with E-state index < -0.39 is 23.5 Å². The molecule has 2 unspecified atom stereocenters. The van der Waals surface area contributed by atoms with Crippen LogP contribution in [-0.2, 0) is 14.9 Å². The first-order valence-electron chi connectivity index (χ1n) is 15.4. The molecule has 2 aliphatic heterocycles. The van der Waals surface area contributed by atoms with E-state index in [-0.39, 0.29) is 40.3 Å².